The molecule has 2 heterocycles. The zero-order valence-electron chi connectivity index (χ0n) is 15.7. The lowest BCUT2D eigenvalue weighted by molar-refractivity contribution is 0.336. The SMILES string of the molecule is CCOc1ccccc1CNS(=O)(=O)c1c(C)sc(C)c1-c1cc(C)no1. The van der Waals surface area contributed by atoms with Crippen molar-refractivity contribution in [2.24, 2.45) is 0 Å². The average molecular weight is 407 g/mol. The quantitative estimate of drug-likeness (QED) is 0.636. The molecule has 0 spiro atoms. The summed E-state index contributed by atoms with van der Waals surface area (Å²) in [5.74, 6) is 1.14. The summed E-state index contributed by atoms with van der Waals surface area (Å²) in [6.45, 7) is 8.04. The van der Waals surface area contributed by atoms with Gasteiger partial charge in [0.1, 0.15) is 10.6 Å². The van der Waals surface area contributed by atoms with Gasteiger partial charge in [-0.05, 0) is 33.8 Å². The lowest BCUT2D eigenvalue weighted by Gasteiger charge is -2.12. The van der Waals surface area contributed by atoms with E-state index in [1.54, 1.807) is 19.9 Å². The molecule has 8 heteroatoms. The van der Waals surface area contributed by atoms with E-state index >= 15 is 0 Å². The molecule has 0 aliphatic rings. The van der Waals surface area contributed by atoms with Gasteiger partial charge >= 0.3 is 0 Å². The summed E-state index contributed by atoms with van der Waals surface area (Å²) < 4.78 is 39.8. The molecule has 144 valence electrons. The van der Waals surface area contributed by atoms with Gasteiger partial charge in [0.2, 0.25) is 10.0 Å². The third-order valence-corrected chi connectivity index (χ3v) is 6.80. The topological polar surface area (TPSA) is 81.4 Å². The van der Waals surface area contributed by atoms with Crippen LogP contribution in [0.5, 0.6) is 5.75 Å². The summed E-state index contributed by atoms with van der Waals surface area (Å²) >= 11 is 1.43. The van der Waals surface area contributed by atoms with Gasteiger partial charge in [-0.2, -0.15) is 0 Å². The van der Waals surface area contributed by atoms with E-state index in [2.05, 4.69) is 9.88 Å². The minimum absolute atomic E-state index is 0.141. The molecule has 0 bridgehead atoms. The number of para-hydroxylation sites is 1. The average Bonchev–Trinajstić information content (AvgIpc) is 3.17. The van der Waals surface area contributed by atoms with Crippen LogP contribution in [0.1, 0.15) is 27.9 Å². The number of aryl methyl sites for hydroxylation is 3. The Kier molecular flexibility index (Phi) is 5.69. The number of nitrogens with zero attached hydrogens (tertiary/aromatic N) is 1. The van der Waals surface area contributed by atoms with Crippen LogP contribution >= 0.6 is 11.3 Å². The van der Waals surface area contributed by atoms with Gasteiger partial charge in [-0.3, -0.25) is 0 Å². The summed E-state index contributed by atoms with van der Waals surface area (Å²) in [4.78, 5) is 1.83. The molecule has 0 atom stereocenters. The van der Waals surface area contributed by atoms with Gasteiger partial charge in [0, 0.05) is 27.9 Å². The molecule has 0 amide bonds. The fraction of sp³-hybridized carbons (Fsp3) is 0.316. The Hall–Kier alpha value is -2.16. The van der Waals surface area contributed by atoms with E-state index in [0.29, 0.717) is 34.3 Å². The van der Waals surface area contributed by atoms with Crippen molar-refractivity contribution in [1.29, 1.82) is 0 Å². The molecule has 0 radical (unpaired) electrons. The van der Waals surface area contributed by atoms with Crippen molar-refractivity contribution in [3.8, 4) is 17.1 Å². The van der Waals surface area contributed by atoms with Crippen LogP contribution in [0.25, 0.3) is 11.3 Å². The normalized spacial score (nSPS) is 11.7. The van der Waals surface area contributed by atoms with E-state index in [-0.39, 0.29) is 11.4 Å². The fourth-order valence-electron chi connectivity index (χ4n) is 2.94. The number of benzene rings is 1. The molecule has 2 aromatic heterocycles. The number of hydrogen-bond donors (Lipinski definition) is 1. The third-order valence-electron chi connectivity index (χ3n) is 4.07. The van der Waals surface area contributed by atoms with Crippen LogP contribution in [-0.4, -0.2) is 20.2 Å². The molecule has 1 N–H and O–H groups in total. The van der Waals surface area contributed by atoms with E-state index in [4.69, 9.17) is 9.26 Å². The second-order valence-electron chi connectivity index (χ2n) is 6.12. The molecule has 6 nitrogen and oxygen atoms in total. The van der Waals surface area contributed by atoms with Crippen molar-refractivity contribution in [3.63, 3.8) is 0 Å². The summed E-state index contributed by atoms with van der Waals surface area (Å²) in [6.07, 6.45) is 0. The monoisotopic (exact) mass is 406 g/mol. The first-order chi connectivity index (χ1) is 12.8. The number of hydrogen-bond acceptors (Lipinski definition) is 6. The molecule has 0 aliphatic heterocycles. The lowest BCUT2D eigenvalue weighted by Crippen LogP contribution is -2.24. The van der Waals surface area contributed by atoms with Gasteiger partial charge in [0.05, 0.1) is 17.9 Å². The molecular weight excluding hydrogens is 384 g/mol. The molecule has 3 aromatic rings. The first kappa shape index (κ1) is 19.6. The van der Waals surface area contributed by atoms with Gasteiger partial charge in [0.15, 0.2) is 5.76 Å². The van der Waals surface area contributed by atoms with E-state index in [1.165, 1.54) is 11.3 Å². The highest BCUT2D eigenvalue weighted by Crippen LogP contribution is 2.39. The van der Waals surface area contributed by atoms with Crippen LogP contribution in [0.15, 0.2) is 39.8 Å². The van der Waals surface area contributed by atoms with Gasteiger partial charge in [0.25, 0.3) is 0 Å². The maximum atomic E-state index is 13.1. The van der Waals surface area contributed by atoms with E-state index in [1.807, 2.05) is 38.1 Å². The lowest BCUT2D eigenvalue weighted by atomic mass is 10.2. The largest absolute Gasteiger partial charge is 0.494 e. The fourth-order valence-corrected chi connectivity index (χ4v) is 5.81. The highest BCUT2D eigenvalue weighted by atomic mass is 32.2. The Balaban J connectivity index is 1.95. The third kappa shape index (κ3) is 4.07. The van der Waals surface area contributed by atoms with Gasteiger partial charge in [-0.15, -0.1) is 11.3 Å². The zero-order valence-corrected chi connectivity index (χ0v) is 17.3. The Morgan fingerprint density at radius 1 is 1.19 bits per heavy atom. The molecule has 0 saturated heterocycles. The van der Waals surface area contributed by atoms with Gasteiger partial charge < -0.3 is 9.26 Å². The molecule has 0 fully saturated rings. The highest BCUT2D eigenvalue weighted by Gasteiger charge is 2.28. The number of nitrogens with one attached hydrogen (secondary N) is 1. The van der Waals surface area contributed by atoms with Crippen molar-refractivity contribution in [3.05, 3.63) is 51.3 Å². The van der Waals surface area contributed by atoms with Crippen LogP contribution < -0.4 is 9.46 Å². The molecule has 0 saturated carbocycles. The molecular formula is C19H22N2O4S2. The first-order valence-corrected chi connectivity index (χ1v) is 10.9. The maximum Gasteiger partial charge on any atom is 0.242 e. The van der Waals surface area contributed by atoms with Crippen LogP contribution in [0.2, 0.25) is 0 Å². The molecule has 27 heavy (non-hydrogen) atoms. The number of thiophene rings is 1. The van der Waals surface area contributed by atoms with Crippen molar-refractivity contribution in [2.45, 2.75) is 39.1 Å². The minimum atomic E-state index is -3.75. The maximum absolute atomic E-state index is 13.1. The van der Waals surface area contributed by atoms with Crippen molar-refractivity contribution < 1.29 is 17.7 Å². The standard InChI is InChI=1S/C19H22N2O4S2/c1-5-24-16-9-7-6-8-15(16)11-20-27(22,23)19-14(4)26-13(3)18(19)17-10-12(2)21-25-17/h6-10,20H,5,11H2,1-4H3. The van der Waals surface area contributed by atoms with Crippen LogP contribution in [0, 0.1) is 20.8 Å². The van der Waals surface area contributed by atoms with Gasteiger partial charge in [-0.25, -0.2) is 13.1 Å². The highest BCUT2D eigenvalue weighted by molar-refractivity contribution is 7.89. The van der Waals surface area contributed by atoms with Crippen LogP contribution in [-0.2, 0) is 16.6 Å². The van der Waals surface area contributed by atoms with Crippen molar-refractivity contribution in [2.75, 3.05) is 6.61 Å². The summed E-state index contributed by atoms with van der Waals surface area (Å²) in [5, 5.41) is 3.89. The number of rotatable bonds is 7. The Bertz CT molecular complexity index is 1050. The second-order valence-corrected chi connectivity index (χ2v) is 9.25. The Labute approximate surface area is 163 Å². The Morgan fingerprint density at radius 3 is 2.59 bits per heavy atom. The smallest absolute Gasteiger partial charge is 0.242 e. The van der Waals surface area contributed by atoms with E-state index < -0.39 is 10.0 Å². The summed E-state index contributed by atoms with van der Waals surface area (Å²) in [7, 11) is -3.75. The molecule has 1 aromatic carbocycles. The van der Waals surface area contributed by atoms with Crippen LogP contribution in [0.4, 0.5) is 0 Å². The van der Waals surface area contributed by atoms with Gasteiger partial charge in [-0.1, -0.05) is 23.4 Å². The minimum Gasteiger partial charge on any atom is -0.494 e. The molecule has 3 rings (SSSR count). The summed E-state index contributed by atoms with van der Waals surface area (Å²) in [5.41, 5.74) is 2.06. The zero-order chi connectivity index (χ0) is 19.6. The predicted molar refractivity (Wildman–Crippen MR) is 106 cm³/mol. The number of sulfonamides is 1. The van der Waals surface area contributed by atoms with E-state index in [0.717, 1.165) is 10.4 Å². The second kappa shape index (κ2) is 7.84. The first-order valence-electron chi connectivity index (χ1n) is 8.57. The molecule has 0 aliphatic carbocycles. The number of aromatic nitrogens is 1. The number of ether oxygens (including phenoxy) is 1. The summed E-state index contributed by atoms with van der Waals surface area (Å²) in [6, 6.07) is 9.14. The van der Waals surface area contributed by atoms with Crippen LogP contribution in [0.3, 0.4) is 0 Å². The Morgan fingerprint density at radius 2 is 1.93 bits per heavy atom. The molecule has 0 unspecified atom stereocenters. The van der Waals surface area contributed by atoms with E-state index in [9.17, 15) is 8.42 Å². The van der Waals surface area contributed by atoms with Crippen molar-refractivity contribution in [1.82, 2.24) is 9.88 Å². The predicted octanol–water partition coefficient (Wildman–Crippen LogP) is 4.21. The van der Waals surface area contributed by atoms with Crippen molar-refractivity contribution >= 4 is 21.4 Å².